The Hall–Kier alpha value is -3.52. The van der Waals surface area contributed by atoms with Gasteiger partial charge in [0.15, 0.2) is 5.78 Å². The maximum Gasteiger partial charge on any atom is 0.374 e. The monoisotopic (exact) mass is 383 g/mol. The summed E-state index contributed by atoms with van der Waals surface area (Å²) in [7, 11) is 0. The number of nitrogens with one attached hydrogen (secondary N) is 1. The van der Waals surface area contributed by atoms with E-state index in [-0.39, 0.29) is 29.5 Å². The molecule has 1 aromatic heterocycles. The molecule has 1 unspecified atom stereocenters. The van der Waals surface area contributed by atoms with Crippen LogP contribution < -0.4 is 22.4 Å². The fourth-order valence-corrected chi connectivity index (χ4v) is 2.96. The zero-order valence-corrected chi connectivity index (χ0v) is 14.8. The highest BCUT2D eigenvalue weighted by molar-refractivity contribution is 6.13. The van der Waals surface area contributed by atoms with Crippen molar-refractivity contribution in [3.63, 3.8) is 0 Å². The molecule has 1 amide bonds. The number of hydrogen-bond acceptors (Lipinski definition) is 6. The molecular weight excluding hydrogens is 365 g/mol. The smallest absolute Gasteiger partial charge is 0.374 e. The van der Waals surface area contributed by atoms with E-state index in [2.05, 4.69) is 5.32 Å². The molecule has 7 nitrogen and oxygen atoms in total. The number of benzene rings is 2. The Balaban J connectivity index is 2.08. The number of Topliss-reactive ketones (excluding diaryl/α,β-unsaturated/α-hetero) is 1. The first-order chi connectivity index (χ1) is 13.4. The number of ketones is 1. The zero-order valence-electron chi connectivity index (χ0n) is 14.8. The van der Waals surface area contributed by atoms with E-state index in [1.165, 1.54) is 18.2 Å². The van der Waals surface area contributed by atoms with Gasteiger partial charge in [-0.25, -0.2) is 4.79 Å². The molecule has 0 saturated heterocycles. The number of carbonyl (C=O) groups excluding carboxylic acids is 2. The molecule has 0 aliphatic heterocycles. The van der Waals surface area contributed by atoms with Crippen LogP contribution in [0.5, 0.6) is 0 Å². The van der Waals surface area contributed by atoms with Crippen LogP contribution in [0, 0.1) is 5.82 Å². The van der Waals surface area contributed by atoms with E-state index in [9.17, 15) is 18.8 Å². The fourth-order valence-electron chi connectivity index (χ4n) is 2.96. The van der Waals surface area contributed by atoms with E-state index in [1.807, 2.05) is 30.3 Å². The quantitative estimate of drug-likeness (QED) is 0.436. The first-order valence-corrected chi connectivity index (χ1v) is 8.50. The molecular formula is C20H18FN3O4. The van der Waals surface area contributed by atoms with Crippen molar-refractivity contribution >= 4 is 28.3 Å². The topological polar surface area (TPSA) is 128 Å². The molecule has 2 aromatic carbocycles. The highest BCUT2D eigenvalue weighted by Crippen LogP contribution is 2.27. The molecule has 0 aliphatic rings. The normalized spacial score (nSPS) is 11.9. The van der Waals surface area contributed by atoms with Gasteiger partial charge in [-0.15, -0.1) is 0 Å². The molecule has 0 aliphatic carbocycles. The second-order valence-corrected chi connectivity index (χ2v) is 6.17. The van der Waals surface area contributed by atoms with E-state index >= 15 is 0 Å². The summed E-state index contributed by atoms with van der Waals surface area (Å²) < 4.78 is 18.9. The average molecular weight is 383 g/mol. The van der Waals surface area contributed by atoms with E-state index in [4.69, 9.17) is 15.9 Å². The van der Waals surface area contributed by atoms with Gasteiger partial charge in [0.25, 0.3) is 0 Å². The van der Waals surface area contributed by atoms with E-state index in [1.54, 1.807) is 0 Å². The van der Waals surface area contributed by atoms with Gasteiger partial charge < -0.3 is 21.2 Å². The lowest BCUT2D eigenvalue weighted by molar-refractivity contribution is -0.120. The number of anilines is 1. The Labute approximate surface area is 159 Å². The molecule has 0 saturated carbocycles. The van der Waals surface area contributed by atoms with Crippen LogP contribution in [0.2, 0.25) is 0 Å². The third-order valence-electron chi connectivity index (χ3n) is 4.30. The van der Waals surface area contributed by atoms with Crippen molar-refractivity contribution in [2.24, 2.45) is 5.73 Å². The van der Waals surface area contributed by atoms with Gasteiger partial charge in [0.2, 0.25) is 11.7 Å². The second-order valence-electron chi connectivity index (χ2n) is 6.17. The van der Waals surface area contributed by atoms with Crippen molar-refractivity contribution < 1.29 is 18.4 Å². The molecule has 0 spiro atoms. The van der Waals surface area contributed by atoms with E-state index < -0.39 is 34.9 Å². The molecule has 0 bridgehead atoms. The molecule has 28 heavy (non-hydrogen) atoms. The van der Waals surface area contributed by atoms with Crippen LogP contribution in [-0.4, -0.2) is 24.3 Å². The van der Waals surface area contributed by atoms with Crippen LogP contribution >= 0.6 is 0 Å². The van der Waals surface area contributed by atoms with Crippen LogP contribution in [0.15, 0.2) is 57.7 Å². The van der Waals surface area contributed by atoms with Gasteiger partial charge in [0.05, 0.1) is 23.7 Å². The molecule has 0 radical (unpaired) electrons. The van der Waals surface area contributed by atoms with Crippen LogP contribution in [0.4, 0.5) is 10.1 Å². The van der Waals surface area contributed by atoms with Crippen LogP contribution in [0.1, 0.15) is 15.9 Å². The molecule has 1 atom stereocenters. The Morgan fingerprint density at radius 2 is 1.82 bits per heavy atom. The summed E-state index contributed by atoms with van der Waals surface area (Å²) in [5.41, 5.74) is 10.2. The Morgan fingerprint density at radius 1 is 1.11 bits per heavy atom. The number of hydrogen-bond donors (Lipinski definition) is 3. The standard InChI is InChI=1S/C20H18FN3O4/c21-17-18(23)16-12(7-4-8-14(16)28-20(17)27)19(26)13(24-15(25)10-22)9-11-5-2-1-3-6-11/h1-8,13H,9-10,22-23H2,(H,24,25). The average Bonchev–Trinajstić information content (AvgIpc) is 2.71. The third-order valence-corrected chi connectivity index (χ3v) is 4.30. The number of halogens is 1. The van der Waals surface area contributed by atoms with Crippen molar-refractivity contribution in [1.29, 1.82) is 0 Å². The summed E-state index contributed by atoms with van der Waals surface area (Å²) in [6, 6.07) is 12.4. The molecule has 0 fully saturated rings. The zero-order chi connectivity index (χ0) is 20.3. The maximum absolute atomic E-state index is 14.0. The fraction of sp³-hybridized carbons (Fsp3) is 0.150. The summed E-state index contributed by atoms with van der Waals surface area (Å²) in [5, 5.41) is 2.57. The van der Waals surface area contributed by atoms with E-state index in [0.29, 0.717) is 0 Å². The number of fused-ring (bicyclic) bond motifs is 1. The molecule has 3 aromatic rings. The molecule has 5 N–H and O–H groups in total. The second kappa shape index (κ2) is 8.01. The number of rotatable bonds is 6. The summed E-state index contributed by atoms with van der Waals surface area (Å²) in [6.45, 7) is -0.292. The maximum atomic E-state index is 14.0. The minimum absolute atomic E-state index is 0.00957. The van der Waals surface area contributed by atoms with Crippen molar-refractivity contribution in [1.82, 2.24) is 5.32 Å². The lowest BCUT2D eigenvalue weighted by Crippen LogP contribution is -2.45. The number of carbonyl (C=O) groups is 2. The minimum Gasteiger partial charge on any atom is -0.420 e. The van der Waals surface area contributed by atoms with Crippen LogP contribution in [0.3, 0.4) is 0 Å². The van der Waals surface area contributed by atoms with Gasteiger partial charge in [-0.1, -0.05) is 42.5 Å². The molecule has 3 rings (SSSR count). The SMILES string of the molecule is NCC(=O)NC(Cc1ccccc1)C(=O)c1cccc2oc(=O)c(F)c(N)c12. The largest absolute Gasteiger partial charge is 0.420 e. The molecule has 8 heteroatoms. The van der Waals surface area contributed by atoms with Crippen LogP contribution in [0.25, 0.3) is 11.0 Å². The van der Waals surface area contributed by atoms with Gasteiger partial charge in [0.1, 0.15) is 5.58 Å². The number of amides is 1. The Kier molecular flexibility index (Phi) is 5.51. The molecule has 144 valence electrons. The van der Waals surface area contributed by atoms with Crippen molar-refractivity contribution in [2.45, 2.75) is 12.5 Å². The lowest BCUT2D eigenvalue weighted by Gasteiger charge is -2.19. The van der Waals surface area contributed by atoms with Gasteiger partial charge in [-0.05, 0) is 11.6 Å². The van der Waals surface area contributed by atoms with Crippen molar-refractivity contribution in [3.05, 3.63) is 75.9 Å². The highest BCUT2D eigenvalue weighted by Gasteiger charge is 2.26. The lowest BCUT2D eigenvalue weighted by atomic mass is 9.94. The molecule has 1 heterocycles. The van der Waals surface area contributed by atoms with Crippen molar-refractivity contribution in [2.75, 3.05) is 12.3 Å². The summed E-state index contributed by atoms with van der Waals surface area (Å²) in [5.74, 6) is -2.28. The van der Waals surface area contributed by atoms with Gasteiger partial charge in [0, 0.05) is 12.0 Å². The number of nitrogen functional groups attached to an aromatic ring is 1. The Bertz CT molecular complexity index is 1100. The Morgan fingerprint density at radius 3 is 2.50 bits per heavy atom. The first-order valence-electron chi connectivity index (χ1n) is 8.50. The number of nitrogens with two attached hydrogens (primary N) is 2. The van der Waals surface area contributed by atoms with Gasteiger partial charge in [-0.2, -0.15) is 4.39 Å². The van der Waals surface area contributed by atoms with Crippen molar-refractivity contribution in [3.8, 4) is 0 Å². The summed E-state index contributed by atoms with van der Waals surface area (Å²) >= 11 is 0. The predicted octanol–water partition coefficient (Wildman–Crippen LogP) is 1.38. The predicted molar refractivity (Wildman–Crippen MR) is 102 cm³/mol. The van der Waals surface area contributed by atoms with Gasteiger partial charge in [-0.3, -0.25) is 9.59 Å². The first kappa shape index (κ1) is 19.2. The van der Waals surface area contributed by atoms with E-state index in [0.717, 1.165) is 5.56 Å². The highest BCUT2D eigenvalue weighted by atomic mass is 19.1. The van der Waals surface area contributed by atoms with Crippen LogP contribution in [-0.2, 0) is 11.2 Å². The summed E-state index contributed by atoms with van der Waals surface area (Å²) in [6.07, 6.45) is 0.195. The van der Waals surface area contributed by atoms with Gasteiger partial charge >= 0.3 is 5.63 Å². The third kappa shape index (κ3) is 3.77. The minimum atomic E-state index is -1.27. The summed E-state index contributed by atoms with van der Waals surface area (Å²) in [4.78, 5) is 36.6.